The van der Waals surface area contributed by atoms with Gasteiger partial charge < -0.3 is 0 Å². The highest BCUT2D eigenvalue weighted by atomic mass is 32.2. The second kappa shape index (κ2) is 4.72. The van der Waals surface area contributed by atoms with Crippen LogP contribution in [0, 0.1) is 17.2 Å². The van der Waals surface area contributed by atoms with Crippen molar-refractivity contribution in [2.45, 2.75) is 44.6 Å². The fraction of sp³-hybridized carbons (Fsp3) is 0.909. The molecule has 0 amide bonds. The fourth-order valence-electron chi connectivity index (χ4n) is 2.83. The third kappa shape index (κ3) is 2.23. The maximum absolute atomic E-state index is 11.8. The standard InChI is InChI=1S/C11H18N2O2S/c12-9-11(10-5-2-1-3-6-10)13-7-4-8-16(13,14)15/h10-11H,1-8H2. The van der Waals surface area contributed by atoms with Crippen LogP contribution < -0.4 is 0 Å². The quantitative estimate of drug-likeness (QED) is 0.737. The number of nitriles is 1. The monoisotopic (exact) mass is 242 g/mol. The number of hydrogen-bond donors (Lipinski definition) is 0. The van der Waals surface area contributed by atoms with Gasteiger partial charge in [0, 0.05) is 6.54 Å². The molecule has 2 rings (SSSR count). The molecular formula is C11H18N2O2S. The smallest absolute Gasteiger partial charge is 0.212 e. The lowest BCUT2D eigenvalue weighted by Gasteiger charge is -2.30. The highest BCUT2D eigenvalue weighted by Gasteiger charge is 2.38. The van der Waals surface area contributed by atoms with Crippen LogP contribution in [-0.4, -0.2) is 31.1 Å². The van der Waals surface area contributed by atoms with Crippen LogP contribution in [0.4, 0.5) is 0 Å². The predicted octanol–water partition coefficient (Wildman–Crippen LogP) is 1.49. The Bertz CT molecular complexity index is 379. The van der Waals surface area contributed by atoms with E-state index < -0.39 is 16.1 Å². The average Bonchev–Trinajstić information content (AvgIpc) is 2.62. The van der Waals surface area contributed by atoms with E-state index in [0.717, 1.165) is 25.7 Å². The molecule has 0 bridgehead atoms. The summed E-state index contributed by atoms with van der Waals surface area (Å²) in [7, 11) is -3.14. The minimum atomic E-state index is -3.14. The van der Waals surface area contributed by atoms with Gasteiger partial charge in [0.2, 0.25) is 10.0 Å². The molecule has 0 aromatic carbocycles. The molecule has 16 heavy (non-hydrogen) atoms. The predicted molar refractivity (Wildman–Crippen MR) is 61.1 cm³/mol. The van der Waals surface area contributed by atoms with Crippen LogP contribution >= 0.6 is 0 Å². The lowest BCUT2D eigenvalue weighted by molar-refractivity contribution is 0.241. The van der Waals surface area contributed by atoms with E-state index >= 15 is 0 Å². The summed E-state index contributed by atoms with van der Waals surface area (Å²) in [4.78, 5) is 0. The van der Waals surface area contributed by atoms with E-state index in [1.807, 2.05) is 0 Å². The molecule has 1 aliphatic heterocycles. The Balaban J connectivity index is 2.13. The molecule has 0 N–H and O–H groups in total. The molecule has 90 valence electrons. The van der Waals surface area contributed by atoms with Crippen molar-refractivity contribution in [2.75, 3.05) is 12.3 Å². The van der Waals surface area contributed by atoms with Crippen LogP contribution in [0.2, 0.25) is 0 Å². The van der Waals surface area contributed by atoms with Gasteiger partial charge in [-0.15, -0.1) is 0 Å². The van der Waals surface area contributed by atoms with Crippen LogP contribution in [0.5, 0.6) is 0 Å². The van der Waals surface area contributed by atoms with Gasteiger partial charge in [0.05, 0.1) is 11.8 Å². The maximum atomic E-state index is 11.8. The van der Waals surface area contributed by atoms with Crippen LogP contribution in [0.25, 0.3) is 0 Å². The van der Waals surface area contributed by atoms with E-state index in [4.69, 9.17) is 0 Å². The fourth-order valence-corrected chi connectivity index (χ4v) is 4.53. The number of nitrogens with zero attached hydrogens (tertiary/aromatic N) is 2. The van der Waals surface area contributed by atoms with Crippen LogP contribution in [-0.2, 0) is 10.0 Å². The zero-order valence-corrected chi connectivity index (χ0v) is 10.2. The van der Waals surface area contributed by atoms with Crippen molar-refractivity contribution < 1.29 is 8.42 Å². The van der Waals surface area contributed by atoms with Crippen molar-refractivity contribution >= 4 is 10.0 Å². The van der Waals surface area contributed by atoms with Crippen LogP contribution in [0.15, 0.2) is 0 Å². The van der Waals surface area contributed by atoms with E-state index in [1.165, 1.54) is 10.7 Å². The van der Waals surface area contributed by atoms with Gasteiger partial charge in [0.15, 0.2) is 0 Å². The van der Waals surface area contributed by atoms with Gasteiger partial charge in [-0.05, 0) is 25.2 Å². The first kappa shape index (κ1) is 11.9. The minimum absolute atomic E-state index is 0.220. The van der Waals surface area contributed by atoms with Gasteiger partial charge in [0.1, 0.15) is 6.04 Å². The second-order valence-electron chi connectivity index (χ2n) is 4.75. The Kier molecular flexibility index (Phi) is 3.50. The number of sulfonamides is 1. The third-order valence-corrected chi connectivity index (χ3v) is 5.61. The van der Waals surface area contributed by atoms with E-state index in [1.54, 1.807) is 0 Å². The molecule has 1 unspecified atom stereocenters. The first-order valence-electron chi connectivity index (χ1n) is 6.04. The summed E-state index contributed by atoms with van der Waals surface area (Å²) in [5.74, 6) is 0.476. The molecule has 1 heterocycles. The first-order chi connectivity index (χ1) is 7.65. The summed E-state index contributed by atoms with van der Waals surface area (Å²) in [6.45, 7) is 0.539. The van der Waals surface area contributed by atoms with E-state index in [-0.39, 0.29) is 11.7 Å². The summed E-state index contributed by atoms with van der Waals surface area (Å²) in [5, 5.41) is 9.21. The first-order valence-corrected chi connectivity index (χ1v) is 7.65. The summed E-state index contributed by atoms with van der Waals surface area (Å²) in [6.07, 6.45) is 6.18. The molecule has 0 spiro atoms. The molecule has 1 saturated carbocycles. The molecule has 1 saturated heterocycles. The lowest BCUT2D eigenvalue weighted by atomic mass is 9.84. The summed E-state index contributed by atoms with van der Waals surface area (Å²) in [5.41, 5.74) is 0. The Morgan fingerprint density at radius 2 is 1.88 bits per heavy atom. The Morgan fingerprint density at radius 3 is 2.38 bits per heavy atom. The van der Waals surface area contributed by atoms with Gasteiger partial charge in [-0.2, -0.15) is 9.57 Å². The third-order valence-electron chi connectivity index (χ3n) is 3.68. The zero-order valence-electron chi connectivity index (χ0n) is 9.43. The second-order valence-corrected chi connectivity index (χ2v) is 6.79. The van der Waals surface area contributed by atoms with Crippen molar-refractivity contribution in [3.05, 3.63) is 0 Å². The minimum Gasteiger partial charge on any atom is -0.212 e. The van der Waals surface area contributed by atoms with Crippen molar-refractivity contribution in [1.29, 1.82) is 5.26 Å². The van der Waals surface area contributed by atoms with Gasteiger partial charge in [-0.1, -0.05) is 19.3 Å². The normalized spacial score (nSPS) is 28.7. The summed E-state index contributed by atoms with van der Waals surface area (Å²) >= 11 is 0. The van der Waals surface area contributed by atoms with Gasteiger partial charge in [0.25, 0.3) is 0 Å². The van der Waals surface area contributed by atoms with E-state index in [2.05, 4.69) is 6.07 Å². The van der Waals surface area contributed by atoms with Crippen molar-refractivity contribution in [2.24, 2.45) is 5.92 Å². The number of rotatable bonds is 2. The molecule has 2 fully saturated rings. The van der Waals surface area contributed by atoms with Crippen LogP contribution in [0.1, 0.15) is 38.5 Å². The molecular weight excluding hydrogens is 224 g/mol. The van der Waals surface area contributed by atoms with Crippen LogP contribution in [0.3, 0.4) is 0 Å². The molecule has 1 aliphatic carbocycles. The lowest BCUT2D eigenvalue weighted by Crippen LogP contribution is -2.41. The molecule has 1 atom stereocenters. The summed E-state index contributed by atoms with van der Waals surface area (Å²) in [6, 6.07) is 1.81. The van der Waals surface area contributed by atoms with Gasteiger partial charge in [-0.3, -0.25) is 0 Å². The van der Waals surface area contributed by atoms with Gasteiger partial charge >= 0.3 is 0 Å². The SMILES string of the molecule is N#CC(C1CCCCC1)N1CCCS1(=O)=O. The zero-order chi connectivity index (χ0) is 11.6. The van der Waals surface area contributed by atoms with Crippen molar-refractivity contribution in [1.82, 2.24) is 4.31 Å². The number of hydrogen-bond acceptors (Lipinski definition) is 3. The highest BCUT2D eigenvalue weighted by molar-refractivity contribution is 7.89. The van der Waals surface area contributed by atoms with Crippen molar-refractivity contribution in [3.8, 4) is 6.07 Å². The molecule has 0 aromatic rings. The summed E-state index contributed by atoms with van der Waals surface area (Å²) < 4.78 is 25.0. The topological polar surface area (TPSA) is 61.2 Å². The largest absolute Gasteiger partial charge is 0.215 e. The highest BCUT2D eigenvalue weighted by Crippen LogP contribution is 2.31. The Hall–Kier alpha value is -0.600. The van der Waals surface area contributed by atoms with E-state index in [9.17, 15) is 13.7 Å². The molecule has 2 aliphatic rings. The Morgan fingerprint density at radius 1 is 1.19 bits per heavy atom. The molecule has 4 nitrogen and oxygen atoms in total. The van der Waals surface area contributed by atoms with Gasteiger partial charge in [-0.25, -0.2) is 8.42 Å². The molecule has 5 heteroatoms. The van der Waals surface area contributed by atoms with Crippen molar-refractivity contribution in [3.63, 3.8) is 0 Å². The molecule has 0 aromatic heterocycles. The Labute approximate surface area is 97.3 Å². The van der Waals surface area contributed by atoms with E-state index in [0.29, 0.717) is 13.0 Å². The maximum Gasteiger partial charge on any atom is 0.215 e. The average molecular weight is 242 g/mol. The molecule has 0 radical (unpaired) electrons.